The van der Waals surface area contributed by atoms with Gasteiger partial charge in [0.1, 0.15) is 6.61 Å². The van der Waals surface area contributed by atoms with Gasteiger partial charge in [-0.2, -0.15) is 0 Å². The maximum atomic E-state index is 5.84. The standard InChI is InChI=1S/C13H18N2O/c1-2-8-14-12(5-1)16-11-13-6-3-9-15(13)10-4-7-13/h1-2,5,8H,3-4,6-7,9-11H2. The van der Waals surface area contributed by atoms with Crippen LogP contribution in [0.25, 0.3) is 0 Å². The number of pyridine rings is 1. The van der Waals surface area contributed by atoms with Crippen LogP contribution in [0.15, 0.2) is 24.4 Å². The van der Waals surface area contributed by atoms with Gasteiger partial charge in [0.05, 0.1) is 5.54 Å². The smallest absolute Gasteiger partial charge is 0.213 e. The molecule has 0 amide bonds. The molecule has 2 saturated heterocycles. The van der Waals surface area contributed by atoms with Crippen molar-refractivity contribution < 1.29 is 4.74 Å². The molecule has 0 radical (unpaired) electrons. The quantitative estimate of drug-likeness (QED) is 0.776. The molecule has 0 aromatic carbocycles. The summed E-state index contributed by atoms with van der Waals surface area (Å²) in [5.74, 6) is 0.760. The van der Waals surface area contributed by atoms with E-state index in [9.17, 15) is 0 Å². The zero-order valence-corrected chi connectivity index (χ0v) is 9.56. The summed E-state index contributed by atoms with van der Waals surface area (Å²) in [6.45, 7) is 3.32. The summed E-state index contributed by atoms with van der Waals surface area (Å²) >= 11 is 0. The Hall–Kier alpha value is -1.09. The van der Waals surface area contributed by atoms with Crippen molar-refractivity contribution >= 4 is 0 Å². The summed E-state index contributed by atoms with van der Waals surface area (Å²) in [6, 6.07) is 5.83. The van der Waals surface area contributed by atoms with Crippen LogP contribution < -0.4 is 4.74 Å². The molecule has 3 heterocycles. The molecule has 0 N–H and O–H groups in total. The highest BCUT2D eigenvalue weighted by Gasteiger charge is 2.44. The van der Waals surface area contributed by atoms with Gasteiger partial charge in [-0.3, -0.25) is 4.90 Å². The number of rotatable bonds is 3. The fourth-order valence-electron chi connectivity index (χ4n) is 3.10. The van der Waals surface area contributed by atoms with Crippen molar-refractivity contribution in [1.82, 2.24) is 9.88 Å². The number of ether oxygens (including phenoxy) is 1. The first-order chi connectivity index (χ1) is 7.89. The van der Waals surface area contributed by atoms with Crippen LogP contribution in [0.1, 0.15) is 25.7 Å². The van der Waals surface area contributed by atoms with E-state index in [2.05, 4.69) is 9.88 Å². The lowest BCUT2D eigenvalue weighted by Crippen LogP contribution is -2.43. The first-order valence-electron chi connectivity index (χ1n) is 6.18. The van der Waals surface area contributed by atoms with Crippen LogP contribution >= 0.6 is 0 Å². The molecule has 16 heavy (non-hydrogen) atoms. The third-order valence-electron chi connectivity index (χ3n) is 3.94. The predicted octanol–water partition coefficient (Wildman–Crippen LogP) is 2.09. The van der Waals surface area contributed by atoms with Crippen molar-refractivity contribution in [1.29, 1.82) is 0 Å². The second-order valence-electron chi connectivity index (χ2n) is 4.88. The molecule has 0 unspecified atom stereocenters. The van der Waals surface area contributed by atoms with Crippen molar-refractivity contribution in [3.63, 3.8) is 0 Å². The van der Waals surface area contributed by atoms with Gasteiger partial charge in [0.2, 0.25) is 5.88 Å². The minimum absolute atomic E-state index is 0.331. The zero-order valence-electron chi connectivity index (χ0n) is 9.56. The minimum Gasteiger partial charge on any atom is -0.476 e. The second-order valence-corrected chi connectivity index (χ2v) is 4.88. The Morgan fingerprint density at radius 1 is 1.25 bits per heavy atom. The van der Waals surface area contributed by atoms with E-state index < -0.39 is 0 Å². The summed E-state index contributed by atoms with van der Waals surface area (Å²) in [5.41, 5.74) is 0.331. The first-order valence-corrected chi connectivity index (χ1v) is 6.18. The van der Waals surface area contributed by atoms with E-state index >= 15 is 0 Å². The number of aromatic nitrogens is 1. The molecule has 2 aliphatic rings. The fourth-order valence-corrected chi connectivity index (χ4v) is 3.10. The number of nitrogens with zero attached hydrogens (tertiary/aromatic N) is 2. The van der Waals surface area contributed by atoms with Gasteiger partial charge in [0.25, 0.3) is 0 Å². The maximum absolute atomic E-state index is 5.84. The minimum atomic E-state index is 0.331. The van der Waals surface area contributed by atoms with E-state index in [1.807, 2.05) is 18.2 Å². The van der Waals surface area contributed by atoms with Gasteiger partial charge >= 0.3 is 0 Å². The Morgan fingerprint density at radius 3 is 2.75 bits per heavy atom. The molecule has 2 fully saturated rings. The van der Waals surface area contributed by atoms with Crippen LogP contribution in [-0.2, 0) is 0 Å². The molecule has 2 aliphatic heterocycles. The molecule has 3 nitrogen and oxygen atoms in total. The monoisotopic (exact) mass is 218 g/mol. The Labute approximate surface area is 96.4 Å². The lowest BCUT2D eigenvalue weighted by molar-refractivity contribution is 0.111. The summed E-state index contributed by atoms with van der Waals surface area (Å²) in [5, 5.41) is 0. The largest absolute Gasteiger partial charge is 0.476 e. The molecule has 1 aromatic rings. The third kappa shape index (κ3) is 1.69. The van der Waals surface area contributed by atoms with Crippen LogP contribution in [-0.4, -0.2) is 35.1 Å². The van der Waals surface area contributed by atoms with Crippen LogP contribution in [0.3, 0.4) is 0 Å². The Kier molecular flexibility index (Phi) is 2.56. The van der Waals surface area contributed by atoms with E-state index in [1.165, 1.54) is 38.8 Å². The molecule has 86 valence electrons. The lowest BCUT2D eigenvalue weighted by atomic mass is 9.95. The molecule has 0 aliphatic carbocycles. The zero-order chi connectivity index (χ0) is 10.8. The van der Waals surface area contributed by atoms with E-state index in [1.54, 1.807) is 6.20 Å². The molecule has 0 saturated carbocycles. The van der Waals surface area contributed by atoms with E-state index in [0.29, 0.717) is 5.54 Å². The summed E-state index contributed by atoms with van der Waals surface area (Å²) < 4.78 is 5.84. The highest BCUT2D eigenvalue weighted by molar-refractivity contribution is 5.10. The molecular weight excluding hydrogens is 200 g/mol. The Morgan fingerprint density at radius 2 is 2.06 bits per heavy atom. The van der Waals surface area contributed by atoms with E-state index in [0.717, 1.165) is 12.5 Å². The van der Waals surface area contributed by atoms with Gasteiger partial charge in [-0.15, -0.1) is 0 Å². The van der Waals surface area contributed by atoms with Crippen LogP contribution in [0.4, 0.5) is 0 Å². The highest BCUT2D eigenvalue weighted by atomic mass is 16.5. The van der Waals surface area contributed by atoms with Gasteiger partial charge in [-0.1, -0.05) is 6.07 Å². The topological polar surface area (TPSA) is 25.4 Å². The average Bonchev–Trinajstić information content (AvgIpc) is 2.87. The van der Waals surface area contributed by atoms with Crippen molar-refractivity contribution in [3.8, 4) is 5.88 Å². The van der Waals surface area contributed by atoms with Gasteiger partial charge in [-0.25, -0.2) is 4.98 Å². The normalized spacial score (nSPS) is 23.2. The van der Waals surface area contributed by atoms with Gasteiger partial charge < -0.3 is 4.74 Å². The average molecular weight is 218 g/mol. The molecule has 0 bridgehead atoms. The maximum Gasteiger partial charge on any atom is 0.213 e. The third-order valence-corrected chi connectivity index (χ3v) is 3.94. The molecule has 0 spiro atoms. The summed E-state index contributed by atoms with van der Waals surface area (Å²) in [7, 11) is 0. The van der Waals surface area contributed by atoms with Crippen LogP contribution in [0.2, 0.25) is 0 Å². The fraction of sp³-hybridized carbons (Fsp3) is 0.615. The predicted molar refractivity (Wildman–Crippen MR) is 62.5 cm³/mol. The second kappa shape index (κ2) is 4.06. The molecule has 3 heteroatoms. The molecule has 1 aromatic heterocycles. The van der Waals surface area contributed by atoms with Crippen molar-refractivity contribution in [2.75, 3.05) is 19.7 Å². The SMILES string of the molecule is c1ccc(OCC23CCCN2CCC3)nc1. The number of hydrogen-bond acceptors (Lipinski definition) is 3. The van der Waals surface area contributed by atoms with Crippen molar-refractivity contribution in [2.24, 2.45) is 0 Å². The van der Waals surface area contributed by atoms with E-state index in [-0.39, 0.29) is 0 Å². The van der Waals surface area contributed by atoms with Gasteiger partial charge in [-0.05, 0) is 44.8 Å². The Bertz CT molecular complexity index is 342. The number of hydrogen-bond donors (Lipinski definition) is 0. The Balaban J connectivity index is 1.66. The van der Waals surface area contributed by atoms with Crippen LogP contribution in [0, 0.1) is 0 Å². The van der Waals surface area contributed by atoms with Gasteiger partial charge in [0.15, 0.2) is 0 Å². The van der Waals surface area contributed by atoms with Crippen molar-refractivity contribution in [3.05, 3.63) is 24.4 Å². The number of fused-ring (bicyclic) bond motifs is 1. The summed E-state index contributed by atoms with van der Waals surface area (Å²) in [4.78, 5) is 6.82. The molecule has 0 atom stereocenters. The lowest BCUT2D eigenvalue weighted by Gasteiger charge is -2.31. The summed E-state index contributed by atoms with van der Waals surface area (Å²) in [6.07, 6.45) is 7.02. The van der Waals surface area contributed by atoms with E-state index in [4.69, 9.17) is 4.74 Å². The first kappa shape index (κ1) is 10.1. The van der Waals surface area contributed by atoms with Crippen LogP contribution in [0.5, 0.6) is 5.88 Å². The molecular formula is C13H18N2O. The van der Waals surface area contributed by atoms with Gasteiger partial charge in [0, 0.05) is 12.3 Å². The van der Waals surface area contributed by atoms with Crippen molar-refractivity contribution in [2.45, 2.75) is 31.2 Å². The molecule has 3 rings (SSSR count). The highest BCUT2D eigenvalue weighted by Crippen LogP contribution is 2.38.